The summed E-state index contributed by atoms with van der Waals surface area (Å²) in [6, 6.07) is 18.7. The summed E-state index contributed by atoms with van der Waals surface area (Å²) in [6.45, 7) is 0.534. The van der Waals surface area contributed by atoms with Crippen molar-refractivity contribution in [2.45, 2.75) is 23.3 Å². The van der Waals surface area contributed by atoms with E-state index in [1.807, 2.05) is 71.8 Å². The van der Waals surface area contributed by atoms with Gasteiger partial charge in [-0.05, 0) is 65.8 Å². The average Bonchev–Trinajstić information content (AvgIpc) is 2.88. The molecule has 3 aromatic carbocycles. The first kappa shape index (κ1) is 22.3. The van der Waals surface area contributed by atoms with Gasteiger partial charge in [-0.2, -0.15) is 0 Å². The van der Waals surface area contributed by atoms with Crippen LogP contribution in [0.3, 0.4) is 0 Å². The minimum Gasteiger partial charge on any atom is -0.493 e. The van der Waals surface area contributed by atoms with Crippen LogP contribution in [0.5, 0.6) is 11.5 Å². The van der Waals surface area contributed by atoms with Crippen molar-refractivity contribution in [2.75, 3.05) is 32.3 Å². The summed E-state index contributed by atoms with van der Waals surface area (Å²) >= 11 is 1.62. The smallest absolute Gasteiger partial charge is 0.254 e. The highest BCUT2D eigenvalue weighted by Crippen LogP contribution is 2.48. The minimum atomic E-state index is -0.566. The highest BCUT2D eigenvalue weighted by Gasteiger charge is 2.46. The Kier molecular flexibility index (Phi) is 5.96. The molecule has 0 saturated carbocycles. The molecule has 3 aromatic rings. The molecule has 174 valence electrons. The number of hydrogen-bond donors (Lipinski definition) is 1. The molecule has 7 heteroatoms. The van der Waals surface area contributed by atoms with Gasteiger partial charge in [-0.1, -0.05) is 24.3 Å². The average molecular weight is 475 g/mol. The number of ether oxygens (including phenoxy) is 2. The molecule has 2 amide bonds. The molecule has 34 heavy (non-hydrogen) atoms. The number of amides is 2. The normalized spacial score (nSPS) is 18.4. The first-order valence-corrected chi connectivity index (χ1v) is 12.4. The summed E-state index contributed by atoms with van der Waals surface area (Å²) < 4.78 is 11.1. The van der Waals surface area contributed by atoms with Crippen LogP contribution >= 0.6 is 11.8 Å². The van der Waals surface area contributed by atoms with E-state index in [2.05, 4.69) is 5.32 Å². The second-order valence-electron chi connectivity index (χ2n) is 8.39. The Balaban J connectivity index is 1.64. The fraction of sp³-hybridized carbons (Fsp3) is 0.259. The van der Waals surface area contributed by atoms with E-state index in [4.69, 9.17) is 9.47 Å². The lowest BCUT2D eigenvalue weighted by Gasteiger charge is -2.45. The summed E-state index contributed by atoms with van der Waals surface area (Å²) in [5.41, 5.74) is 4.05. The van der Waals surface area contributed by atoms with Crippen LogP contribution in [0.1, 0.15) is 39.0 Å². The molecular weight excluding hydrogens is 448 g/mol. The Hall–Kier alpha value is -3.45. The molecular formula is C27H26N2O4S. The highest BCUT2D eigenvalue weighted by atomic mass is 32.2. The van der Waals surface area contributed by atoms with Gasteiger partial charge in [-0.25, -0.2) is 0 Å². The van der Waals surface area contributed by atoms with Crippen molar-refractivity contribution in [2.24, 2.45) is 0 Å². The maximum absolute atomic E-state index is 13.9. The van der Waals surface area contributed by atoms with Crippen molar-refractivity contribution >= 4 is 29.3 Å². The van der Waals surface area contributed by atoms with Crippen molar-refractivity contribution in [3.8, 4) is 11.5 Å². The van der Waals surface area contributed by atoms with E-state index in [0.29, 0.717) is 30.0 Å². The van der Waals surface area contributed by atoms with Gasteiger partial charge < -0.3 is 19.7 Å². The van der Waals surface area contributed by atoms with Gasteiger partial charge in [0.2, 0.25) is 5.91 Å². The predicted octanol–water partition coefficient (Wildman–Crippen LogP) is 4.90. The predicted molar refractivity (Wildman–Crippen MR) is 133 cm³/mol. The van der Waals surface area contributed by atoms with Crippen LogP contribution in [-0.4, -0.2) is 43.7 Å². The third-order valence-electron chi connectivity index (χ3n) is 6.64. The Morgan fingerprint density at radius 3 is 2.53 bits per heavy atom. The molecule has 1 N–H and O–H groups in total. The van der Waals surface area contributed by atoms with Crippen molar-refractivity contribution in [1.29, 1.82) is 0 Å². The van der Waals surface area contributed by atoms with Gasteiger partial charge in [0.15, 0.2) is 11.5 Å². The fourth-order valence-corrected chi connectivity index (χ4v) is 5.52. The number of carbonyl (C=O) groups is 2. The first-order chi connectivity index (χ1) is 16.5. The second-order valence-corrected chi connectivity index (χ2v) is 9.27. The zero-order valence-corrected chi connectivity index (χ0v) is 20.1. The van der Waals surface area contributed by atoms with E-state index in [-0.39, 0.29) is 11.8 Å². The maximum Gasteiger partial charge on any atom is 0.254 e. The lowest BCUT2D eigenvalue weighted by Crippen LogP contribution is -2.49. The van der Waals surface area contributed by atoms with E-state index in [1.54, 1.807) is 26.0 Å². The number of hydrogen-bond acceptors (Lipinski definition) is 5. The third kappa shape index (κ3) is 3.70. The third-order valence-corrected chi connectivity index (χ3v) is 7.37. The lowest BCUT2D eigenvalue weighted by molar-refractivity contribution is -0.119. The molecule has 2 heterocycles. The summed E-state index contributed by atoms with van der Waals surface area (Å²) in [4.78, 5) is 30.3. The van der Waals surface area contributed by atoms with Gasteiger partial charge in [-0.15, -0.1) is 11.8 Å². The minimum absolute atomic E-state index is 0.0468. The molecule has 2 aliphatic heterocycles. The van der Waals surface area contributed by atoms with Crippen molar-refractivity contribution in [3.05, 3.63) is 82.9 Å². The van der Waals surface area contributed by atoms with Crippen LogP contribution in [0.4, 0.5) is 5.69 Å². The van der Waals surface area contributed by atoms with Gasteiger partial charge in [0.25, 0.3) is 5.91 Å². The van der Waals surface area contributed by atoms with Crippen molar-refractivity contribution in [3.63, 3.8) is 0 Å². The molecule has 5 rings (SSSR count). The number of carbonyl (C=O) groups excluding carboxylic acids is 2. The summed E-state index contributed by atoms with van der Waals surface area (Å²) in [5, 5.41) is 3.11. The standard InChI is InChI=1S/C27H26N2O4S/c1-32-22-13-16-11-12-29-25(21(16)15-23(22)33-2)24(19-9-4-5-10-20(19)27(29)31)26(30)28-17-7-6-8-18(14-17)34-3/h4-10,13-15,24-25H,11-12H2,1-3H3,(H,28,30)/t24-,25-/m0/s1. The van der Waals surface area contributed by atoms with Crippen molar-refractivity contribution < 1.29 is 19.1 Å². The molecule has 0 saturated heterocycles. The molecule has 0 aromatic heterocycles. The quantitative estimate of drug-likeness (QED) is 0.533. The molecule has 0 aliphatic carbocycles. The van der Waals surface area contributed by atoms with E-state index >= 15 is 0 Å². The van der Waals surface area contributed by atoms with E-state index < -0.39 is 12.0 Å². The number of benzene rings is 3. The highest BCUT2D eigenvalue weighted by molar-refractivity contribution is 7.98. The lowest BCUT2D eigenvalue weighted by atomic mass is 9.75. The molecule has 0 bridgehead atoms. The van der Waals surface area contributed by atoms with Crippen LogP contribution in [0, 0.1) is 0 Å². The summed E-state index contributed by atoms with van der Waals surface area (Å²) in [6.07, 6.45) is 2.69. The first-order valence-electron chi connectivity index (χ1n) is 11.1. The van der Waals surface area contributed by atoms with E-state index in [0.717, 1.165) is 27.3 Å². The number of nitrogens with zero attached hydrogens (tertiary/aromatic N) is 1. The topological polar surface area (TPSA) is 67.9 Å². The zero-order chi connectivity index (χ0) is 23.8. The number of nitrogens with one attached hydrogen (secondary N) is 1. The van der Waals surface area contributed by atoms with Crippen LogP contribution in [0.2, 0.25) is 0 Å². The summed E-state index contributed by atoms with van der Waals surface area (Å²) in [7, 11) is 3.20. The van der Waals surface area contributed by atoms with Gasteiger partial charge in [0, 0.05) is 22.7 Å². The SMILES string of the molecule is COc1cc2c(cc1OC)[C@H]1[C@@H](C(=O)Nc3cccc(SC)c3)c3ccccc3C(=O)N1CC2. The molecule has 6 nitrogen and oxygen atoms in total. The molecule has 2 aliphatic rings. The molecule has 0 spiro atoms. The summed E-state index contributed by atoms with van der Waals surface area (Å²) in [5.74, 6) is 0.475. The second kappa shape index (κ2) is 9.06. The number of anilines is 1. The molecule has 0 radical (unpaired) electrons. The van der Waals surface area contributed by atoms with Gasteiger partial charge in [0.05, 0.1) is 26.2 Å². The zero-order valence-electron chi connectivity index (χ0n) is 19.3. The largest absolute Gasteiger partial charge is 0.493 e. The Labute approximate surface area is 203 Å². The number of thioether (sulfide) groups is 1. The molecule has 0 fully saturated rings. The number of rotatable bonds is 5. The van der Waals surface area contributed by atoms with Gasteiger partial charge in [-0.3, -0.25) is 9.59 Å². The Morgan fingerprint density at radius 1 is 1.00 bits per heavy atom. The molecule has 0 unspecified atom stereocenters. The van der Waals surface area contributed by atoms with E-state index in [1.165, 1.54) is 0 Å². The van der Waals surface area contributed by atoms with E-state index in [9.17, 15) is 9.59 Å². The number of methoxy groups -OCH3 is 2. The number of fused-ring (bicyclic) bond motifs is 4. The Bertz CT molecular complexity index is 1280. The maximum atomic E-state index is 13.9. The fourth-order valence-electron chi connectivity index (χ4n) is 5.06. The van der Waals surface area contributed by atoms with Crippen LogP contribution in [0.15, 0.2) is 65.6 Å². The van der Waals surface area contributed by atoms with Gasteiger partial charge in [0.1, 0.15) is 0 Å². The Morgan fingerprint density at radius 2 is 1.76 bits per heavy atom. The van der Waals surface area contributed by atoms with Crippen LogP contribution < -0.4 is 14.8 Å². The van der Waals surface area contributed by atoms with Crippen LogP contribution in [0.25, 0.3) is 0 Å². The molecule has 2 atom stereocenters. The van der Waals surface area contributed by atoms with Gasteiger partial charge >= 0.3 is 0 Å². The van der Waals surface area contributed by atoms with Crippen LogP contribution in [-0.2, 0) is 11.2 Å². The van der Waals surface area contributed by atoms with Crippen molar-refractivity contribution in [1.82, 2.24) is 4.90 Å². The monoisotopic (exact) mass is 474 g/mol.